The molecule has 6 nitrogen and oxygen atoms in total. The molecule has 164 valence electrons. The maximum atomic E-state index is 14.5. The molecule has 4 rings (SSSR count). The number of methoxy groups -OCH3 is 2. The molecule has 1 N–H and O–H groups in total. The van der Waals surface area contributed by atoms with Crippen LogP contribution in [0.25, 0.3) is 22.2 Å². The van der Waals surface area contributed by atoms with Gasteiger partial charge in [-0.2, -0.15) is 5.26 Å². The van der Waals surface area contributed by atoms with Crippen LogP contribution in [0, 0.1) is 23.0 Å². The van der Waals surface area contributed by atoms with E-state index < -0.39 is 17.2 Å². The van der Waals surface area contributed by atoms with Crippen molar-refractivity contribution in [3.8, 4) is 23.2 Å². The van der Waals surface area contributed by atoms with Crippen LogP contribution >= 0.6 is 11.6 Å². The van der Waals surface area contributed by atoms with Gasteiger partial charge >= 0.3 is 0 Å². The number of fused-ring (bicyclic) bond motifs is 1. The number of halogens is 3. The second-order valence-electron chi connectivity index (χ2n) is 7.24. The molecule has 2 heterocycles. The first-order valence-corrected chi connectivity index (χ1v) is 10.0. The van der Waals surface area contributed by atoms with Gasteiger partial charge in [0, 0.05) is 18.7 Å². The van der Waals surface area contributed by atoms with E-state index in [1.54, 1.807) is 37.1 Å². The highest BCUT2D eigenvalue weighted by Crippen LogP contribution is 2.38. The Hall–Kier alpha value is -3.57. The van der Waals surface area contributed by atoms with E-state index in [0.717, 1.165) is 23.5 Å². The number of rotatable bonds is 5. The number of aromatic hydroxyl groups is 1. The maximum Gasteiger partial charge on any atom is 0.202 e. The molecule has 0 atom stereocenters. The third-order valence-corrected chi connectivity index (χ3v) is 5.66. The average molecular weight is 458 g/mol. The van der Waals surface area contributed by atoms with Crippen molar-refractivity contribution in [2.24, 2.45) is 0 Å². The van der Waals surface area contributed by atoms with Crippen molar-refractivity contribution in [3.63, 3.8) is 0 Å². The zero-order chi connectivity index (χ0) is 23.0. The second kappa shape index (κ2) is 8.52. The van der Waals surface area contributed by atoms with Crippen LogP contribution in [0.4, 0.5) is 8.78 Å². The minimum Gasteiger partial charge on any atom is -0.501 e. The monoisotopic (exact) mass is 457 g/mol. The predicted octanol–water partition coefficient (Wildman–Crippen LogP) is 5.44. The van der Waals surface area contributed by atoms with Gasteiger partial charge in [-0.1, -0.05) is 11.6 Å². The molecule has 0 unspecified atom stereocenters. The minimum atomic E-state index is -0.925. The van der Waals surface area contributed by atoms with Gasteiger partial charge in [-0.15, -0.1) is 0 Å². The van der Waals surface area contributed by atoms with Crippen molar-refractivity contribution in [2.75, 3.05) is 14.2 Å². The Morgan fingerprint density at radius 2 is 1.91 bits per heavy atom. The number of nitrogens with zero attached hydrogens (tertiary/aromatic N) is 3. The van der Waals surface area contributed by atoms with E-state index in [9.17, 15) is 13.9 Å². The smallest absolute Gasteiger partial charge is 0.202 e. The number of hydrogen-bond donors (Lipinski definition) is 1. The van der Waals surface area contributed by atoms with Crippen molar-refractivity contribution in [2.45, 2.75) is 19.4 Å². The molecule has 0 aliphatic heterocycles. The average Bonchev–Trinajstić information content (AvgIpc) is 3.08. The molecule has 0 saturated carbocycles. The summed E-state index contributed by atoms with van der Waals surface area (Å²) >= 11 is 6.36. The molecule has 2 aromatic heterocycles. The maximum absolute atomic E-state index is 14.5. The van der Waals surface area contributed by atoms with Crippen molar-refractivity contribution in [3.05, 3.63) is 69.8 Å². The summed E-state index contributed by atoms with van der Waals surface area (Å²) in [5, 5.41) is 20.0. The summed E-state index contributed by atoms with van der Waals surface area (Å²) < 4.78 is 41.3. The Kier molecular flexibility index (Phi) is 5.76. The lowest BCUT2D eigenvalue weighted by Gasteiger charge is -2.19. The van der Waals surface area contributed by atoms with Crippen LogP contribution in [0.5, 0.6) is 5.88 Å². The lowest BCUT2D eigenvalue weighted by molar-refractivity contribution is 0.252. The molecule has 3 aromatic rings. The summed E-state index contributed by atoms with van der Waals surface area (Å²) in [6.07, 6.45) is 4.74. The Labute approximate surface area is 187 Å². The topological polar surface area (TPSA) is 80.3 Å². The number of allylic oxidation sites excluding steroid dienone is 3. The number of aromatic nitrogens is 2. The molecule has 0 saturated heterocycles. The van der Waals surface area contributed by atoms with E-state index in [1.165, 1.54) is 6.07 Å². The summed E-state index contributed by atoms with van der Waals surface area (Å²) in [6, 6.07) is 4.86. The number of nitriles is 1. The van der Waals surface area contributed by atoms with Gasteiger partial charge < -0.3 is 19.1 Å². The molecule has 1 aromatic carbocycles. The molecule has 1 aliphatic carbocycles. The fourth-order valence-corrected chi connectivity index (χ4v) is 4.06. The quantitative estimate of drug-likeness (QED) is 0.552. The van der Waals surface area contributed by atoms with Gasteiger partial charge in [0.15, 0.2) is 0 Å². The first-order chi connectivity index (χ1) is 15.4. The summed E-state index contributed by atoms with van der Waals surface area (Å²) in [7, 11) is 3.15. The number of benzene rings is 1. The third-order valence-electron chi connectivity index (χ3n) is 5.36. The van der Waals surface area contributed by atoms with Gasteiger partial charge in [-0.3, -0.25) is 0 Å². The summed E-state index contributed by atoms with van der Waals surface area (Å²) in [4.78, 5) is 4.32. The van der Waals surface area contributed by atoms with E-state index in [0.29, 0.717) is 25.1 Å². The largest absolute Gasteiger partial charge is 0.501 e. The van der Waals surface area contributed by atoms with E-state index >= 15 is 0 Å². The van der Waals surface area contributed by atoms with Gasteiger partial charge in [-0.05, 0) is 30.2 Å². The van der Waals surface area contributed by atoms with Crippen molar-refractivity contribution in [1.29, 1.82) is 5.26 Å². The lowest BCUT2D eigenvalue weighted by Crippen LogP contribution is -2.08. The van der Waals surface area contributed by atoms with Crippen molar-refractivity contribution in [1.82, 2.24) is 9.55 Å². The Balaban J connectivity index is 1.79. The molecule has 1 aliphatic rings. The molecular formula is C23H18ClF2N3O3. The third kappa shape index (κ3) is 3.76. The Bertz CT molecular complexity index is 1320. The van der Waals surface area contributed by atoms with Crippen LogP contribution in [0.3, 0.4) is 0 Å². The zero-order valence-corrected chi connectivity index (χ0v) is 18.0. The fraction of sp³-hybridized carbons (Fsp3) is 0.217. The summed E-state index contributed by atoms with van der Waals surface area (Å²) in [5.41, 5.74) is 0.636. The molecule has 0 spiro atoms. The minimum absolute atomic E-state index is 0.0405. The highest BCUT2D eigenvalue weighted by Gasteiger charge is 2.22. The standard InChI is InChI=1S/C23H18ClF2N3O3/c1-31-14-4-3-13(20(7-14)32-2)10-29-11-19-21(23(29)30)15(24)8-18(28-19)22-16(25)5-12(9-27)6-17(22)26/h5-8,11,30H,3-4,10H2,1-2H3. The molecule has 0 bridgehead atoms. The predicted molar refractivity (Wildman–Crippen MR) is 115 cm³/mol. The zero-order valence-electron chi connectivity index (χ0n) is 17.2. The SMILES string of the molecule is COC1=CC(OC)=C(Cn2cc3nc(-c4c(F)cc(C#N)cc4F)cc(Cl)c3c2O)CC1. The highest BCUT2D eigenvalue weighted by molar-refractivity contribution is 6.36. The second-order valence-corrected chi connectivity index (χ2v) is 7.65. The molecule has 9 heteroatoms. The van der Waals surface area contributed by atoms with Crippen LogP contribution in [-0.2, 0) is 16.0 Å². The molecule has 32 heavy (non-hydrogen) atoms. The van der Waals surface area contributed by atoms with E-state index in [-0.39, 0.29) is 33.1 Å². The normalized spacial score (nSPS) is 13.8. The number of hydrogen-bond acceptors (Lipinski definition) is 5. The van der Waals surface area contributed by atoms with Gasteiger partial charge in [-0.25, -0.2) is 13.8 Å². The van der Waals surface area contributed by atoms with E-state index in [4.69, 9.17) is 26.3 Å². The molecule has 0 amide bonds. The molecule has 0 radical (unpaired) electrons. The van der Waals surface area contributed by atoms with Crippen molar-refractivity contribution < 1.29 is 23.4 Å². The van der Waals surface area contributed by atoms with Gasteiger partial charge in [0.25, 0.3) is 0 Å². The first kappa shape index (κ1) is 21.7. The molecular weight excluding hydrogens is 440 g/mol. The van der Waals surface area contributed by atoms with Gasteiger partial charge in [0.2, 0.25) is 5.88 Å². The van der Waals surface area contributed by atoms with Gasteiger partial charge in [0.05, 0.1) is 65.3 Å². The fourth-order valence-electron chi connectivity index (χ4n) is 3.78. The van der Waals surface area contributed by atoms with Crippen LogP contribution in [-0.4, -0.2) is 28.9 Å². The molecule has 0 fully saturated rings. The van der Waals surface area contributed by atoms with Crippen LogP contribution in [0.15, 0.2) is 47.6 Å². The van der Waals surface area contributed by atoms with Crippen LogP contribution in [0.2, 0.25) is 5.02 Å². The van der Waals surface area contributed by atoms with E-state index in [1.807, 2.05) is 0 Å². The summed E-state index contributed by atoms with van der Waals surface area (Å²) in [6.45, 7) is 0.310. The summed E-state index contributed by atoms with van der Waals surface area (Å²) in [5.74, 6) is -0.522. The number of ether oxygens (including phenoxy) is 2. The first-order valence-electron chi connectivity index (χ1n) is 9.64. The van der Waals surface area contributed by atoms with Crippen LogP contribution in [0.1, 0.15) is 18.4 Å². The Morgan fingerprint density at radius 3 is 2.53 bits per heavy atom. The number of pyridine rings is 1. The van der Waals surface area contributed by atoms with Crippen molar-refractivity contribution >= 4 is 22.5 Å². The van der Waals surface area contributed by atoms with E-state index in [2.05, 4.69) is 4.98 Å². The van der Waals surface area contributed by atoms with Gasteiger partial charge in [0.1, 0.15) is 17.4 Å². The Morgan fingerprint density at radius 1 is 1.19 bits per heavy atom. The highest BCUT2D eigenvalue weighted by atomic mass is 35.5. The van der Waals surface area contributed by atoms with Crippen LogP contribution < -0.4 is 0 Å². The lowest BCUT2D eigenvalue weighted by atomic mass is 10.0.